The first kappa shape index (κ1) is 40.3. The Morgan fingerprint density at radius 2 is 1.68 bits per heavy atom. The van der Waals surface area contributed by atoms with Crippen LogP contribution >= 0.6 is 0 Å². The molecule has 0 spiro atoms. The largest absolute Gasteiger partial charge is 0.453 e. The zero-order valence-electron chi connectivity index (χ0n) is 32.6. The molecule has 3 saturated heterocycles. The number of aromatic nitrogens is 3. The van der Waals surface area contributed by atoms with Gasteiger partial charge in [0.05, 0.1) is 39.6 Å². The number of imide groups is 2. The van der Waals surface area contributed by atoms with E-state index in [1.165, 1.54) is 35.3 Å². The summed E-state index contributed by atoms with van der Waals surface area (Å²) in [4.78, 5) is 76.5. The lowest BCUT2D eigenvalue weighted by Crippen LogP contribution is -2.54. The number of nitrogens with zero attached hydrogens (tertiary/aromatic N) is 7. The highest BCUT2D eigenvalue weighted by Crippen LogP contribution is 2.36. The van der Waals surface area contributed by atoms with Crippen molar-refractivity contribution >= 4 is 56.2 Å². The van der Waals surface area contributed by atoms with Crippen molar-refractivity contribution in [2.75, 3.05) is 35.8 Å². The Morgan fingerprint density at radius 3 is 2.39 bits per heavy atom. The van der Waals surface area contributed by atoms with Crippen molar-refractivity contribution in [3.05, 3.63) is 112 Å². The van der Waals surface area contributed by atoms with Gasteiger partial charge in [0.25, 0.3) is 17.4 Å². The van der Waals surface area contributed by atoms with E-state index in [1.54, 1.807) is 30.3 Å². The second-order valence-corrected chi connectivity index (χ2v) is 17.0. The lowest BCUT2D eigenvalue weighted by molar-refractivity contribution is -0.136. The molecular weight excluding hydrogens is 829 g/mol. The maximum absolute atomic E-state index is 15.1. The number of fused-ring (bicyclic) bond motifs is 2. The quantitative estimate of drug-likeness (QED) is 0.201. The summed E-state index contributed by atoms with van der Waals surface area (Å²) in [6.45, 7) is 0.851. The first-order valence-electron chi connectivity index (χ1n) is 19.7. The topological polar surface area (TPSA) is 217 Å². The molecule has 0 aliphatic carbocycles. The van der Waals surface area contributed by atoms with E-state index in [0.29, 0.717) is 30.1 Å². The van der Waals surface area contributed by atoms with Gasteiger partial charge in [0.1, 0.15) is 41.7 Å². The number of hydrogen-bond acceptors (Lipinski definition) is 12. The number of piperidine rings is 2. The normalized spacial score (nSPS) is 19.8. The molecule has 2 N–H and O–H groups in total. The third-order valence-electron chi connectivity index (χ3n) is 11.6. The van der Waals surface area contributed by atoms with Gasteiger partial charge in [0.2, 0.25) is 11.8 Å². The number of anilines is 2. The summed E-state index contributed by atoms with van der Waals surface area (Å²) in [5, 5.41) is 12.2. The van der Waals surface area contributed by atoms with Crippen molar-refractivity contribution in [3.8, 4) is 23.3 Å². The molecule has 62 heavy (non-hydrogen) atoms. The number of alkyl halides is 1. The van der Waals surface area contributed by atoms with E-state index in [9.17, 15) is 42.0 Å². The smallest absolute Gasteiger partial charge is 0.301 e. The second kappa shape index (κ2) is 15.7. The standard InChI is InChI=1S/C42H35F2N9O8S/c43-25-13-16-51(21-25)62(59,60)49-34-7-5-32(44)38(31(34)19-45)61-27-3-6-33-30(18-27)40(56)52(22-47-33)26-2-9-36(46-20-26)50-14-11-23(12-15-50)24-1-4-28-29(17-24)42(58)53(41(28)57)35-8-10-37(54)48-39(35)55/h1-7,9,17-18,20,22-23,25,35,49H,8,10-16,21H2,(H,48,54,55)/t25-,35?/m1/s1. The van der Waals surface area contributed by atoms with Gasteiger partial charge in [-0.25, -0.2) is 18.7 Å². The lowest BCUT2D eigenvalue weighted by atomic mass is 9.88. The molecule has 4 aliphatic heterocycles. The monoisotopic (exact) mass is 863 g/mol. The fourth-order valence-corrected chi connectivity index (χ4v) is 9.60. The average molecular weight is 864 g/mol. The number of carbonyl (C=O) groups excluding carboxylic acids is 4. The fraction of sp³-hybridized carbons (Fsp3) is 0.286. The Hall–Kier alpha value is -7.11. The zero-order valence-corrected chi connectivity index (χ0v) is 33.4. The molecule has 2 aromatic heterocycles. The van der Waals surface area contributed by atoms with Crippen molar-refractivity contribution < 1.29 is 41.1 Å². The molecule has 1 unspecified atom stereocenters. The predicted molar refractivity (Wildman–Crippen MR) is 217 cm³/mol. The summed E-state index contributed by atoms with van der Waals surface area (Å²) < 4.78 is 64.8. The maximum atomic E-state index is 15.1. The molecule has 17 nitrogen and oxygen atoms in total. The average Bonchev–Trinajstić information content (AvgIpc) is 3.82. The SMILES string of the molecule is N#Cc1c(NS(=O)(=O)N2CC[C@@H](F)C2)ccc(F)c1Oc1ccc2ncn(-c3ccc(N4CCC(c5ccc6c(c5)C(=O)N(C5CCC(=O)NC5=O)C6=O)CC4)nc3)c(=O)c2c1. The Bertz CT molecular complexity index is 2930. The highest BCUT2D eigenvalue weighted by atomic mass is 32.2. The van der Waals surface area contributed by atoms with Gasteiger partial charge >= 0.3 is 10.2 Å². The summed E-state index contributed by atoms with van der Waals surface area (Å²) in [7, 11) is -4.26. The molecule has 6 heterocycles. The molecule has 316 valence electrons. The highest BCUT2D eigenvalue weighted by Gasteiger charge is 2.45. The molecule has 9 rings (SSSR count). The van der Waals surface area contributed by atoms with Crippen molar-refractivity contribution in [1.82, 2.24) is 29.1 Å². The number of amides is 4. The summed E-state index contributed by atoms with van der Waals surface area (Å²) in [6, 6.07) is 15.7. The van der Waals surface area contributed by atoms with E-state index < -0.39 is 68.7 Å². The molecule has 3 aromatic carbocycles. The van der Waals surface area contributed by atoms with Gasteiger partial charge in [-0.3, -0.25) is 43.5 Å². The van der Waals surface area contributed by atoms with E-state index in [1.807, 2.05) is 6.07 Å². The zero-order chi connectivity index (χ0) is 43.4. The molecule has 0 bridgehead atoms. The van der Waals surface area contributed by atoms with Crippen LogP contribution in [0.3, 0.4) is 0 Å². The Kier molecular flexibility index (Phi) is 10.2. The number of hydrogen-bond donors (Lipinski definition) is 2. The molecular formula is C42H35F2N9O8S. The van der Waals surface area contributed by atoms with Gasteiger partial charge in [-0.1, -0.05) is 6.07 Å². The van der Waals surface area contributed by atoms with Gasteiger partial charge in [-0.05, 0) is 91.8 Å². The summed E-state index contributed by atoms with van der Waals surface area (Å²) in [6.07, 6.45) is 3.15. The van der Waals surface area contributed by atoms with Gasteiger partial charge in [0, 0.05) is 32.6 Å². The van der Waals surface area contributed by atoms with Crippen molar-refractivity contribution in [3.63, 3.8) is 0 Å². The number of benzene rings is 3. The van der Waals surface area contributed by atoms with Crippen LogP contribution in [0.2, 0.25) is 0 Å². The molecule has 4 aliphatic rings. The van der Waals surface area contributed by atoms with Crippen molar-refractivity contribution in [1.29, 1.82) is 5.26 Å². The molecule has 0 radical (unpaired) electrons. The Morgan fingerprint density at radius 1 is 0.887 bits per heavy atom. The molecule has 2 atom stereocenters. The molecule has 5 aromatic rings. The van der Waals surface area contributed by atoms with Crippen LogP contribution in [0.4, 0.5) is 20.3 Å². The minimum atomic E-state index is -4.26. The number of ether oxygens (including phenoxy) is 1. The van der Waals surface area contributed by atoms with E-state index in [4.69, 9.17) is 4.74 Å². The number of pyridine rings is 1. The summed E-state index contributed by atoms with van der Waals surface area (Å²) in [5.74, 6) is -3.02. The molecule has 0 saturated carbocycles. The van der Waals surface area contributed by atoms with Crippen LogP contribution < -0.4 is 25.2 Å². The van der Waals surface area contributed by atoms with Crippen LogP contribution in [0.1, 0.15) is 69.9 Å². The third-order valence-corrected chi connectivity index (χ3v) is 13.1. The third kappa shape index (κ3) is 7.28. The molecule has 4 amide bonds. The predicted octanol–water partition coefficient (Wildman–Crippen LogP) is 4.07. The Labute approximate surface area is 351 Å². The fourth-order valence-electron chi connectivity index (χ4n) is 8.32. The van der Waals surface area contributed by atoms with E-state index in [-0.39, 0.29) is 66.2 Å². The van der Waals surface area contributed by atoms with Crippen molar-refractivity contribution in [2.24, 2.45) is 0 Å². The number of nitriles is 1. The number of halogens is 2. The van der Waals surface area contributed by atoms with Crippen molar-refractivity contribution in [2.45, 2.75) is 50.2 Å². The first-order chi connectivity index (χ1) is 29.8. The minimum Gasteiger partial charge on any atom is -0.453 e. The van der Waals surface area contributed by atoms with Gasteiger partial charge in [0.15, 0.2) is 11.6 Å². The summed E-state index contributed by atoms with van der Waals surface area (Å²) >= 11 is 0. The number of carbonyl (C=O) groups is 4. The molecule has 3 fully saturated rings. The van der Waals surface area contributed by atoms with Crippen LogP contribution in [0.5, 0.6) is 11.5 Å². The van der Waals surface area contributed by atoms with E-state index >= 15 is 4.39 Å². The van der Waals surface area contributed by atoms with Crippen LogP contribution in [-0.4, -0.2) is 94.2 Å². The number of rotatable bonds is 9. The molecule has 20 heteroatoms. The summed E-state index contributed by atoms with van der Waals surface area (Å²) in [5.41, 5.74) is 0.862. The maximum Gasteiger partial charge on any atom is 0.301 e. The van der Waals surface area contributed by atoms with Crippen LogP contribution in [0.15, 0.2) is 78.0 Å². The highest BCUT2D eigenvalue weighted by molar-refractivity contribution is 7.90. The van der Waals surface area contributed by atoms with Crippen LogP contribution in [-0.2, 0) is 19.8 Å². The van der Waals surface area contributed by atoms with Gasteiger partial charge < -0.3 is 9.64 Å². The van der Waals surface area contributed by atoms with Gasteiger partial charge in [-0.15, -0.1) is 0 Å². The van der Waals surface area contributed by atoms with Crippen LogP contribution in [0, 0.1) is 17.1 Å². The van der Waals surface area contributed by atoms with E-state index in [2.05, 4.69) is 24.9 Å². The number of nitrogens with one attached hydrogen (secondary N) is 2. The van der Waals surface area contributed by atoms with Crippen LogP contribution in [0.25, 0.3) is 16.6 Å². The van der Waals surface area contributed by atoms with E-state index in [0.717, 1.165) is 39.7 Å². The first-order valence-corrected chi connectivity index (χ1v) is 21.1. The Balaban J connectivity index is 0.878. The second-order valence-electron chi connectivity index (χ2n) is 15.4. The minimum absolute atomic E-state index is 0.0268. The van der Waals surface area contributed by atoms with Gasteiger partial charge in [-0.2, -0.15) is 18.0 Å². The lowest BCUT2D eigenvalue weighted by Gasteiger charge is -2.33.